The number of aromatic nitrogens is 2. The van der Waals surface area contributed by atoms with Gasteiger partial charge in [0.05, 0.1) is 5.69 Å². The number of phenols is 1. The third kappa shape index (κ3) is 3.32. The van der Waals surface area contributed by atoms with Gasteiger partial charge in [0.25, 0.3) is 5.56 Å². The van der Waals surface area contributed by atoms with Crippen LogP contribution < -0.4 is 5.56 Å². The average Bonchev–Trinajstić information content (AvgIpc) is 2.63. The molecule has 0 spiro atoms. The smallest absolute Gasteiger partial charge is 0.258 e. The molecule has 3 aromatic rings. The molecular weight excluding hydrogens is 314 g/mol. The zero-order chi connectivity index (χ0) is 17.2. The van der Waals surface area contributed by atoms with Crippen molar-refractivity contribution in [1.29, 1.82) is 0 Å². The lowest BCUT2D eigenvalue weighted by atomic mass is 9.99. The number of nitrogens with zero attached hydrogens (tertiary/aromatic N) is 3. The molecule has 0 aliphatic carbocycles. The van der Waals surface area contributed by atoms with Gasteiger partial charge in [0.15, 0.2) is 0 Å². The number of hydrogen-bond donors (Lipinski definition) is 1. The standard InChI is InChI=1S/C20H19N3O2/c24-18-6-4-15(5-7-18)16-8-11-22(12-9-16)14-17-13-20(25)23-10-2-1-3-19(23)21-17/h1-8,10,13,24H,9,11-12,14H2. The van der Waals surface area contributed by atoms with Crippen LogP contribution in [0.4, 0.5) is 0 Å². The fourth-order valence-electron chi connectivity index (χ4n) is 3.21. The van der Waals surface area contributed by atoms with Crippen LogP contribution >= 0.6 is 0 Å². The van der Waals surface area contributed by atoms with E-state index in [4.69, 9.17) is 0 Å². The molecule has 4 rings (SSSR count). The molecule has 0 bridgehead atoms. The van der Waals surface area contributed by atoms with Gasteiger partial charge in [-0.05, 0) is 41.8 Å². The van der Waals surface area contributed by atoms with Crippen LogP contribution in [0.1, 0.15) is 17.7 Å². The quantitative estimate of drug-likeness (QED) is 0.801. The molecule has 0 radical (unpaired) electrons. The van der Waals surface area contributed by atoms with Crippen LogP contribution in [0.3, 0.4) is 0 Å². The maximum atomic E-state index is 12.2. The van der Waals surface area contributed by atoms with Crippen molar-refractivity contribution < 1.29 is 5.11 Å². The SMILES string of the molecule is O=c1cc(CN2CC=C(c3ccc(O)cc3)CC2)nc2ccccn12. The number of pyridine rings is 1. The predicted molar refractivity (Wildman–Crippen MR) is 97.4 cm³/mol. The summed E-state index contributed by atoms with van der Waals surface area (Å²) in [6.07, 6.45) is 4.89. The van der Waals surface area contributed by atoms with E-state index < -0.39 is 0 Å². The van der Waals surface area contributed by atoms with Crippen LogP contribution in [0.5, 0.6) is 5.75 Å². The van der Waals surface area contributed by atoms with Gasteiger partial charge in [-0.2, -0.15) is 0 Å². The molecule has 1 aliphatic rings. The van der Waals surface area contributed by atoms with Gasteiger partial charge in [0, 0.05) is 31.9 Å². The first kappa shape index (κ1) is 15.6. The molecule has 0 fully saturated rings. The summed E-state index contributed by atoms with van der Waals surface area (Å²) < 4.78 is 1.56. The van der Waals surface area contributed by atoms with E-state index in [0.717, 1.165) is 30.8 Å². The molecule has 5 heteroatoms. The normalized spacial score (nSPS) is 15.3. The molecule has 2 aromatic heterocycles. The summed E-state index contributed by atoms with van der Waals surface area (Å²) in [5, 5.41) is 9.40. The molecule has 1 aromatic carbocycles. The molecule has 0 amide bonds. The van der Waals surface area contributed by atoms with Crippen LogP contribution in [0, 0.1) is 0 Å². The monoisotopic (exact) mass is 333 g/mol. The maximum Gasteiger partial charge on any atom is 0.258 e. The topological polar surface area (TPSA) is 57.8 Å². The van der Waals surface area contributed by atoms with Crippen molar-refractivity contribution in [2.75, 3.05) is 13.1 Å². The average molecular weight is 333 g/mol. The zero-order valence-corrected chi connectivity index (χ0v) is 13.8. The van der Waals surface area contributed by atoms with Gasteiger partial charge in [-0.15, -0.1) is 0 Å². The van der Waals surface area contributed by atoms with Crippen molar-refractivity contribution in [2.45, 2.75) is 13.0 Å². The molecule has 0 saturated carbocycles. The number of hydrogen-bond acceptors (Lipinski definition) is 4. The first-order valence-corrected chi connectivity index (χ1v) is 8.37. The number of fused-ring (bicyclic) bond motifs is 1. The summed E-state index contributed by atoms with van der Waals surface area (Å²) in [5.41, 5.74) is 3.89. The molecule has 0 unspecified atom stereocenters. The van der Waals surface area contributed by atoms with Crippen LogP contribution in [-0.2, 0) is 6.54 Å². The highest BCUT2D eigenvalue weighted by Crippen LogP contribution is 2.24. The summed E-state index contributed by atoms with van der Waals surface area (Å²) in [6, 6.07) is 14.5. The molecule has 0 saturated heterocycles. The Morgan fingerprint density at radius 2 is 1.96 bits per heavy atom. The molecule has 0 atom stereocenters. The minimum atomic E-state index is -0.0436. The molecule has 1 aliphatic heterocycles. The predicted octanol–water partition coefficient (Wildman–Crippen LogP) is 2.69. The van der Waals surface area contributed by atoms with Crippen LogP contribution in [0.25, 0.3) is 11.2 Å². The number of aromatic hydroxyl groups is 1. The first-order valence-electron chi connectivity index (χ1n) is 8.37. The minimum Gasteiger partial charge on any atom is -0.508 e. The third-order valence-electron chi connectivity index (χ3n) is 4.54. The van der Waals surface area contributed by atoms with Crippen molar-refractivity contribution in [2.24, 2.45) is 0 Å². The Balaban J connectivity index is 1.50. The molecule has 25 heavy (non-hydrogen) atoms. The Morgan fingerprint density at radius 3 is 2.72 bits per heavy atom. The highest BCUT2D eigenvalue weighted by Gasteiger charge is 2.14. The van der Waals surface area contributed by atoms with Crippen molar-refractivity contribution in [3.8, 4) is 5.75 Å². The zero-order valence-electron chi connectivity index (χ0n) is 13.8. The van der Waals surface area contributed by atoms with Gasteiger partial charge in [-0.1, -0.05) is 24.3 Å². The highest BCUT2D eigenvalue weighted by molar-refractivity contribution is 5.67. The van der Waals surface area contributed by atoms with E-state index in [2.05, 4.69) is 16.0 Å². The molecular formula is C20H19N3O2. The molecule has 3 heterocycles. The molecule has 5 nitrogen and oxygen atoms in total. The Kier molecular flexibility index (Phi) is 4.07. The Bertz CT molecular complexity index is 990. The summed E-state index contributed by atoms with van der Waals surface area (Å²) in [5.74, 6) is 0.287. The second kappa shape index (κ2) is 6.53. The summed E-state index contributed by atoms with van der Waals surface area (Å²) >= 11 is 0. The number of benzene rings is 1. The molecule has 126 valence electrons. The lowest BCUT2D eigenvalue weighted by Gasteiger charge is -2.26. The number of rotatable bonds is 3. The van der Waals surface area contributed by atoms with Crippen LogP contribution in [0.2, 0.25) is 0 Å². The second-order valence-corrected chi connectivity index (χ2v) is 6.28. The van der Waals surface area contributed by atoms with Crippen molar-refractivity contribution in [3.05, 3.63) is 82.4 Å². The van der Waals surface area contributed by atoms with Gasteiger partial charge in [-0.3, -0.25) is 14.1 Å². The van der Waals surface area contributed by atoms with Crippen LogP contribution in [0.15, 0.2) is 65.6 Å². The largest absolute Gasteiger partial charge is 0.508 e. The lowest BCUT2D eigenvalue weighted by molar-refractivity contribution is 0.290. The summed E-state index contributed by atoms with van der Waals surface area (Å²) in [4.78, 5) is 19.1. The maximum absolute atomic E-state index is 12.2. The van der Waals surface area contributed by atoms with Crippen molar-refractivity contribution in [3.63, 3.8) is 0 Å². The van der Waals surface area contributed by atoms with E-state index in [9.17, 15) is 9.90 Å². The highest BCUT2D eigenvalue weighted by atomic mass is 16.3. The lowest BCUT2D eigenvalue weighted by Crippen LogP contribution is -2.29. The van der Waals surface area contributed by atoms with Crippen molar-refractivity contribution in [1.82, 2.24) is 14.3 Å². The van der Waals surface area contributed by atoms with E-state index in [-0.39, 0.29) is 11.3 Å². The van der Waals surface area contributed by atoms with E-state index in [1.165, 1.54) is 5.57 Å². The van der Waals surface area contributed by atoms with E-state index in [0.29, 0.717) is 12.2 Å². The van der Waals surface area contributed by atoms with Gasteiger partial charge in [0.2, 0.25) is 0 Å². The minimum absolute atomic E-state index is 0.0436. The van der Waals surface area contributed by atoms with Gasteiger partial charge >= 0.3 is 0 Å². The fraction of sp³-hybridized carbons (Fsp3) is 0.200. The number of phenolic OH excluding ortho intramolecular Hbond substituents is 1. The molecule has 1 N–H and O–H groups in total. The van der Waals surface area contributed by atoms with E-state index >= 15 is 0 Å². The van der Waals surface area contributed by atoms with E-state index in [1.54, 1.807) is 28.8 Å². The Morgan fingerprint density at radius 1 is 1.12 bits per heavy atom. The van der Waals surface area contributed by atoms with E-state index in [1.807, 2.05) is 30.3 Å². The Labute approximate surface area is 145 Å². The van der Waals surface area contributed by atoms with Gasteiger partial charge in [-0.25, -0.2) is 4.98 Å². The van der Waals surface area contributed by atoms with Gasteiger partial charge < -0.3 is 5.11 Å². The first-order chi connectivity index (χ1) is 12.2. The summed E-state index contributed by atoms with van der Waals surface area (Å²) in [6.45, 7) is 2.41. The summed E-state index contributed by atoms with van der Waals surface area (Å²) in [7, 11) is 0. The fourth-order valence-corrected chi connectivity index (χ4v) is 3.21. The van der Waals surface area contributed by atoms with Crippen LogP contribution in [-0.4, -0.2) is 32.5 Å². The second-order valence-electron chi connectivity index (χ2n) is 6.28. The van der Waals surface area contributed by atoms with Gasteiger partial charge in [0.1, 0.15) is 11.4 Å². The van der Waals surface area contributed by atoms with Crippen molar-refractivity contribution >= 4 is 11.2 Å². The third-order valence-corrected chi connectivity index (χ3v) is 4.54. The Hall–Kier alpha value is -2.92.